The number of amides is 1. The second-order valence-corrected chi connectivity index (χ2v) is 7.25. The molecule has 1 aliphatic rings. The second-order valence-electron chi connectivity index (χ2n) is 6.00. The SMILES string of the molecule is CC(OC(=O)c1cc(Cl)c2c(c1)OCCCO2)C(=O)Nc1cc(Cl)ccc1Cl. The van der Waals surface area contributed by atoms with Crippen molar-refractivity contribution < 1.29 is 23.8 Å². The van der Waals surface area contributed by atoms with E-state index in [9.17, 15) is 9.59 Å². The summed E-state index contributed by atoms with van der Waals surface area (Å²) in [7, 11) is 0. The molecule has 9 heteroatoms. The van der Waals surface area contributed by atoms with Crippen LogP contribution in [0.4, 0.5) is 5.69 Å². The quantitative estimate of drug-likeness (QED) is 0.672. The van der Waals surface area contributed by atoms with Gasteiger partial charge >= 0.3 is 5.97 Å². The first-order valence-corrected chi connectivity index (χ1v) is 9.54. The number of carbonyl (C=O) groups is 2. The van der Waals surface area contributed by atoms with Crippen molar-refractivity contribution >= 4 is 52.4 Å². The summed E-state index contributed by atoms with van der Waals surface area (Å²) < 4.78 is 16.3. The largest absolute Gasteiger partial charge is 0.489 e. The summed E-state index contributed by atoms with van der Waals surface area (Å²) in [4.78, 5) is 24.8. The zero-order chi connectivity index (χ0) is 20.3. The first kappa shape index (κ1) is 20.6. The van der Waals surface area contributed by atoms with Crippen LogP contribution in [0.15, 0.2) is 30.3 Å². The van der Waals surface area contributed by atoms with E-state index in [1.807, 2.05) is 0 Å². The van der Waals surface area contributed by atoms with E-state index in [0.717, 1.165) is 0 Å². The highest BCUT2D eigenvalue weighted by atomic mass is 35.5. The molecule has 2 aromatic carbocycles. The average molecular weight is 445 g/mol. The maximum absolute atomic E-state index is 12.5. The van der Waals surface area contributed by atoms with Gasteiger partial charge in [0.1, 0.15) is 0 Å². The smallest absolute Gasteiger partial charge is 0.339 e. The molecule has 0 saturated heterocycles. The number of hydrogen-bond donors (Lipinski definition) is 1. The van der Waals surface area contributed by atoms with Gasteiger partial charge in [0, 0.05) is 11.4 Å². The third kappa shape index (κ3) is 4.82. The molecule has 148 valence electrons. The van der Waals surface area contributed by atoms with Crippen molar-refractivity contribution in [3.8, 4) is 11.5 Å². The number of esters is 1. The minimum absolute atomic E-state index is 0.148. The maximum Gasteiger partial charge on any atom is 0.339 e. The number of carbonyl (C=O) groups excluding carboxylic acids is 2. The topological polar surface area (TPSA) is 73.9 Å². The molecular formula is C19H16Cl3NO5. The highest BCUT2D eigenvalue weighted by molar-refractivity contribution is 6.35. The number of anilines is 1. The fourth-order valence-corrected chi connectivity index (χ4v) is 3.06. The molecule has 2 aromatic rings. The lowest BCUT2D eigenvalue weighted by Gasteiger charge is -2.15. The fourth-order valence-electron chi connectivity index (χ4n) is 2.46. The molecule has 28 heavy (non-hydrogen) atoms. The van der Waals surface area contributed by atoms with Crippen molar-refractivity contribution in [1.29, 1.82) is 0 Å². The lowest BCUT2D eigenvalue weighted by atomic mass is 10.2. The van der Waals surface area contributed by atoms with Crippen LogP contribution in [0.2, 0.25) is 15.1 Å². The predicted molar refractivity (Wildman–Crippen MR) is 107 cm³/mol. The Morgan fingerprint density at radius 2 is 1.82 bits per heavy atom. The van der Waals surface area contributed by atoms with E-state index >= 15 is 0 Å². The van der Waals surface area contributed by atoms with Gasteiger partial charge in [-0.25, -0.2) is 4.79 Å². The van der Waals surface area contributed by atoms with Crippen molar-refractivity contribution in [3.05, 3.63) is 51.0 Å². The van der Waals surface area contributed by atoms with Crippen LogP contribution in [-0.2, 0) is 9.53 Å². The third-order valence-corrected chi connectivity index (χ3v) is 4.72. The first-order valence-electron chi connectivity index (χ1n) is 8.41. The molecule has 0 radical (unpaired) electrons. The second kappa shape index (κ2) is 8.90. The van der Waals surface area contributed by atoms with Crippen LogP contribution >= 0.6 is 34.8 Å². The minimum atomic E-state index is -1.09. The van der Waals surface area contributed by atoms with Crippen LogP contribution in [0.1, 0.15) is 23.7 Å². The summed E-state index contributed by atoms with van der Waals surface area (Å²) in [6.07, 6.45) is -0.383. The molecule has 1 unspecified atom stereocenters. The Labute approximate surface area is 176 Å². The Balaban J connectivity index is 1.70. The van der Waals surface area contributed by atoms with Gasteiger partial charge in [-0.1, -0.05) is 34.8 Å². The zero-order valence-electron chi connectivity index (χ0n) is 14.8. The average Bonchev–Trinajstić information content (AvgIpc) is 2.90. The Bertz CT molecular complexity index is 919. The molecule has 0 aromatic heterocycles. The number of ether oxygens (including phenoxy) is 3. The van der Waals surface area contributed by atoms with Gasteiger partial charge < -0.3 is 19.5 Å². The monoisotopic (exact) mass is 443 g/mol. The van der Waals surface area contributed by atoms with E-state index in [2.05, 4.69) is 5.32 Å². The van der Waals surface area contributed by atoms with Gasteiger partial charge in [-0.05, 0) is 37.3 Å². The normalized spacial score (nSPS) is 14.0. The lowest BCUT2D eigenvalue weighted by Crippen LogP contribution is -2.30. The molecule has 0 saturated carbocycles. The standard InChI is InChI=1S/C19H16Cl3NO5/c1-10(18(24)23-15-9-12(20)3-4-13(15)21)28-19(25)11-7-14(22)17-16(8-11)26-5-2-6-27-17/h3-4,7-10H,2,5-6H2,1H3,(H,23,24). The fraction of sp³-hybridized carbons (Fsp3) is 0.263. The summed E-state index contributed by atoms with van der Waals surface area (Å²) in [5, 5.41) is 3.52. The Hall–Kier alpha value is -2.15. The minimum Gasteiger partial charge on any atom is -0.489 e. The van der Waals surface area contributed by atoms with Crippen LogP contribution in [0.5, 0.6) is 11.5 Å². The summed E-state index contributed by atoms with van der Waals surface area (Å²) in [6, 6.07) is 7.54. The number of fused-ring (bicyclic) bond motifs is 1. The third-order valence-electron chi connectivity index (χ3n) is 3.88. The maximum atomic E-state index is 12.5. The Morgan fingerprint density at radius 3 is 2.61 bits per heavy atom. The van der Waals surface area contributed by atoms with Gasteiger partial charge in [0.15, 0.2) is 17.6 Å². The van der Waals surface area contributed by atoms with Crippen molar-refractivity contribution in [2.45, 2.75) is 19.4 Å². The number of nitrogens with one attached hydrogen (secondary N) is 1. The molecule has 1 atom stereocenters. The van der Waals surface area contributed by atoms with E-state index in [-0.39, 0.29) is 10.6 Å². The van der Waals surface area contributed by atoms with Crippen LogP contribution in [0.3, 0.4) is 0 Å². The number of rotatable bonds is 4. The van der Waals surface area contributed by atoms with Crippen molar-refractivity contribution in [3.63, 3.8) is 0 Å². The van der Waals surface area contributed by atoms with Gasteiger partial charge in [0.2, 0.25) is 0 Å². The van der Waals surface area contributed by atoms with E-state index in [1.54, 1.807) is 12.1 Å². The molecular weight excluding hydrogens is 429 g/mol. The summed E-state index contributed by atoms with van der Waals surface area (Å²) in [5.74, 6) is -0.535. The van der Waals surface area contributed by atoms with Gasteiger partial charge in [-0.15, -0.1) is 0 Å². The van der Waals surface area contributed by atoms with E-state index in [0.29, 0.717) is 46.9 Å². The highest BCUT2D eigenvalue weighted by Gasteiger charge is 2.23. The highest BCUT2D eigenvalue weighted by Crippen LogP contribution is 2.38. The number of hydrogen-bond acceptors (Lipinski definition) is 5. The molecule has 1 aliphatic heterocycles. The van der Waals surface area contributed by atoms with E-state index in [4.69, 9.17) is 49.0 Å². The van der Waals surface area contributed by atoms with E-state index < -0.39 is 18.0 Å². The van der Waals surface area contributed by atoms with Gasteiger partial charge in [0.25, 0.3) is 5.91 Å². The van der Waals surface area contributed by atoms with Gasteiger partial charge in [-0.2, -0.15) is 0 Å². The molecule has 0 spiro atoms. The van der Waals surface area contributed by atoms with Crippen LogP contribution in [0, 0.1) is 0 Å². The van der Waals surface area contributed by atoms with Crippen molar-refractivity contribution in [2.24, 2.45) is 0 Å². The lowest BCUT2D eigenvalue weighted by molar-refractivity contribution is -0.123. The molecule has 0 fully saturated rings. The molecule has 6 nitrogen and oxygen atoms in total. The van der Waals surface area contributed by atoms with Gasteiger partial charge in [0.05, 0.1) is 34.5 Å². The van der Waals surface area contributed by atoms with Crippen molar-refractivity contribution in [1.82, 2.24) is 0 Å². The summed E-state index contributed by atoms with van der Waals surface area (Å²) in [6.45, 7) is 2.36. The van der Waals surface area contributed by atoms with Crippen LogP contribution < -0.4 is 14.8 Å². The van der Waals surface area contributed by atoms with E-state index in [1.165, 1.54) is 25.1 Å². The summed E-state index contributed by atoms with van der Waals surface area (Å²) >= 11 is 18.1. The molecule has 1 N–H and O–H groups in total. The predicted octanol–water partition coefficient (Wildman–Crippen LogP) is 4.99. The number of benzene rings is 2. The molecule has 3 rings (SSSR count). The number of halogens is 3. The molecule has 0 aliphatic carbocycles. The van der Waals surface area contributed by atoms with Crippen LogP contribution in [0.25, 0.3) is 0 Å². The van der Waals surface area contributed by atoms with Gasteiger partial charge in [-0.3, -0.25) is 4.79 Å². The molecule has 1 heterocycles. The molecule has 0 bridgehead atoms. The molecule has 1 amide bonds. The van der Waals surface area contributed by atoms with Crippen molar-refractivity contribution in [2.75, 3.05) is 18.5 Å². The van der Waals surface area contributed by atoms with Crippen LogP contribution in [-0.4, -0.2) is 31.2 Å². The Morgan fingerprint density at radius 1 is 1.07 bits per heavy atom. The Kier molecular flexibility index (Phi) is 6.54. The zero-order valence-corrected chi connectivity index (χ0v) is 17.0. The first-order chi connectivity index (χ1) is 13.3. The summed E-state index contributed by atoms with van der Waals surface area (Å²) in [5.41, 5.74) is 0.468.